The topological polar surface area (TPSA) is 22.4 Å². The zero-order chi connectivity index (χ0) is 11.6. The molecular formula is C13H16O2Si. The highest BCUT2D eigenvalue weighted by Crippen LogP contribution is 2.39. The Bertz CT molecular complexity index is 566. The Morgan fingerprint density at radius 3 is 2.56 bits per heavy atom. The van der Waals surface area contributed by atoms with Crippen molar-refractivity contribution in [3.63, 3.8) is 0 Å². The first-order chi connectivity index (χ1) is 7.42. The number of furan rings is 1. The van der Waals surface area contributed by atoms with Crippen LogP contribution < -0.4 is 5.19 Å². The minimum absolute atomic E-state index is 0.274. The first-order valence-corrected chi connectivity index (χ1v) is 8.55. The molecule has 16 heavy (non-hydrogen) atoms. The third-order valence-electron chi connectivity index (χ3n) is 3.25. The largest absolute Gasteiger partial charge is 0.458 e. The van der Waals surface area contributed by atoms with Crippen LogP contribution in [0.5, 0.6) is 0 Å². The zero-order valence-corrected chi connectivity index (χ0v) is 11.1. The minimum atomic E-state index is -1.80. The van der Waals surface area contributed by atoms with Crippen molar-refractivity contribution in [2.45, 2.75) is 32.5 Å². The van der Waals surface area contributed by atoms with E-state index < -0.39 is 8.32 Å². The van der Waals surface area contributed by atoms with Crippen molar-refractivity contribution in [3.05, 3.63) is 30.0 Å². The summed E-state index contributed by atoms with van der Waals surface area (Å²) in [5.41, 5.74) is 0.716. The van der Waals surface area contributed by atoms with Crippen molar-refractivity contribution in [2.75, 3.05) is 0 Å². The fourth-order valence-electron chi connectivity index (χ4n) is 2.80. The van der Waals surface area contributed by atoms with Crippen LogP contribution in [0.15, 0.2) is 28.7 Å². The van der Waals surface area contributed by atoms with Gasteiger partial charge in [-0.25, -0.2) is 0 Å². The Morgan fingerprint density at radius 1 is 1.12 bits per heavy atom. The molecule has 1 aliphatic rings. The summed E-state index contributed by atoms with van der Waals surface area (Å²) < 4.78 is 12.2. The van der Waals surface area contributed by atoms with E-state index in [1.165, 1.54) is 10.6 Å². The summed E-state index contributed by atoms with van der Waals surface area (Å²) in [6.07, 6.45) is 0. The number of para-hydroxylation sites is 1. The van der Waals surface area contributed by atoms with Crippen molar-refractivity contribution >= 4 is 24.5 Å². The molecule has 0 radical (unpaired) electrons. The van der Waals surface area contributed by atoms with Gasteiger partial charge in [0.05, 0.1) is 0 Å². The monoisotopic (exact) mass is 232 g/mol. The number of hydrogen-bond donors (Lipinski definition) is 0. The van der Waals surface area contributed by atoms with Crippen molar-refractivity contribution in [1.29, 1.82) is 0 Å². The van der Waals surface area contributed by atoms with E-state index in [1.807, 2.05) is 12.1 Å². The third-order valence-corrected chi connectivity index (χ3v) is 5.98. The van der Waals surface area contributed by atoms with Crippen LogP contribution in [0, 0.1) is 0 Å². The quantitative estimate of drug-likeness (QED) is 0.651. The first-order valence-electron chi connectivity index (χ1n) is 5.64. The lowest BCUT2D eigenvalue weighted by Gasteiger charge is -2.23. The lowest BCUT2D eigenvalue weighted by molar-refractivity contribution is 0.0935. The fourth-order valence-corrected chi connectivity index (χ4v) is 6.03. The van der Waals surface area contributed by atoms with Gasteiger partial charge in [0.15, 0.2) is 0 Å². The van der Waals surface area contributed by atoms with Crippen LogP contribution in [0.25, 0.3) is 11.0 Å². The molecule has 1 aliphatic heterocycles. The molecule has 0 saturated carbocycles. The molecule has 0 unspecified atom stereocenters. The fraction of sp³-hybridized carbons (Fsp3) is 0.385. The maximum atomic E-state index is 6.20. The van der Waals surface area contributed by atoms with Crippen molar-refractivity contribution in [1.82, 2.24) is 0 Å². The summed E-state index contributed by atoms with van der Waals surface area (Å²) in [7, 11) is -1.80. The summed E-state index contributed by atoms with van der Waals surface area (Å²) in [6.45, 7) is 8.66. The van der Waals surface area contributed by atoms with Gasteiger partial charge in [0.25, 0.3) is 0 Å². The van der Waals surface area contributed by atoms with Gasteiger partial charge in [-0.15, -0.1) is 0 Å². The van der Waals surface area contributed by atoms with Crippen LogP contribution >= 0.6 is 0 Å². The Labute approximate surface area is 96.3 Å². The molecule has 3 heteroatoms. The number of rotatable bonds is 0. The lowest BCUT2D eigenvalue weighted by Crippen LogP contribution is -2.40. The molecule has 0 amide bonds. The predicted octanol–water partition coefficient (Wildman–Crippen LogP) is 3.11. The van der Waals surface area contributed by atoms with Gasteiger partial charge in [-0.3, -0.25) is 0 Å². The van der Waals surface area contributed by atoms with Crippen LogP contribution in [-0.2, 0) is 10.0 Å². The van der Waals surface area contributed by atoms with E-state index in [1.54, 1.807) is 0 Å². The van der Waals surface area contributed by atoms with E-state index in [9.17, 15) is 0 Å². The average Bonchev–Trinajstić information content (AvgIpc) is 2.62. The molecule has 0 N–H and O–H groups in total. The molecule has 0 aliphatic carbocycles. The van der Waals surface area contributed by atoms with Crippen LogP contribution in [0.1, 0.15) is 19.6 Å². The normalized spacial score (nSPS) is 21.2. The molecule has 0 saturated heterocycles. The molecule has 0 fully saturated rings. The van der Waals surface area contributed by atoms with Gasteiger partial charge in [0.1, 0.15) is 16.9 Å². The van der Waals surface area contributed by atoms with Crippen molar-refractivity contribution in [2.24, 2.45) is 0 Å². The zero-order valence-electron chi connectivity index (χ0n) is 10.1. The second-order valence-electron chi connectivity index (χ2n) is 5.43. The highest BCUT2D eigenvalue weighted by molar-refractivity contribution is 6.87. The summed E-state index contributed by atoms with van der Waals surface area (Å²) in [6, 6.07) is 8.25. The van der Waals surface area contributed by atoms with E-state index in [4.69, 9.17) is 8.84 Å². The van der Waals surface area contributed by atoms with Gasteiger partial charge >= 0.3 is 0 Å². The van der Waals surface area contributed by atoms with E-state index in [-0.39, 0.29) is 5.60 Å². The Hall–Kier alpha value is -1.06. The Balaban J connectivity index is 2.42. The van der Waals surface area contributed by atoms with Gasteiger partial charge in [0, 0.05) is 10.6 Å². The number of fused-ring (bicyclic) bond motifs is 3. The second kappa shape index (κ2) is 2.79. The Morgan fingerprint density at radius 2 is 1.81 bits per heavy atom. The molecule has 0 spiro atoms. The van der Waals surface area contributed by atoms with Crippen molar-refractivity contribution < 1.29 is 8.84 Å². The van der Waals surface area contributed by atoms with E-state index in [0.717, 1.165) is 11.3 Å². The number of benzene rings is 1. The van der Waals surface area contributed by atoms with E-state index >= 15 is 0 Å². The molecule has 3 rings (SSSR count). The molecule has 0 atom stereocenters. The maximum Gasteiger partial charge on any atom is 0.223 e. The van der Waals surface area contributed by atoms with Crippen LogP contribution in [-0.4, -0.2) is 8.32 Å². The molecule has 1 aromatic carbocycles. The van der Waals surface area contributed by atoms with Crippen molar-refractivity contribution in [3.8, 4) is 0 Å². The first kappa shape index (κ1) is 10.1. The van der Waals surface area contributed by atoms with Gasteiger partial charge in [-0.2, -0.15) is 0 Å². The molecular weight excluding hydrogens is 216 g/mol. The van der Waals surface area contributed by atoms with Crippen LogP contribution in [0.3, 0.4) is 0 Å². The minimum Gasteiger partial charge on any atom is -0.458 e. The molecule has 2 aromatic rings. The number of hydrogen-bond acceptors (Lipinski definition) is 2. The van der Waals surface area contributed by atoms with Gasteiger partial charge in [-0.1, -0.05) is 18.2 Å². The van der Waals surface area contributed by atoms with E-state index in [0.29, 0.717) is 0 Å². The smallest absolute Gasteiger partial charge is 0.223 e. The summed E-state index contributed by atoms with van der Waals surface area (Å²) in [4.78, 5) is 0. The molecule has 84 valence electrons. The highest BCUT2D eigenvalue weighted by atomic mass is 28.4. The highest BCUT2D eigenvalue weighted by Gasteiger charge is 2.49. The lowest BCUT2D eigenvalue weighted by atomic mass is 10.1. The second-order valence-corrected chi connectivity index (χ2v) is 9.15. The summed E-state index contributed by atoms with van der Waals surface area (Å²) >= 11 is 0. The molecule has 1 aromatic heterocycles. The van der Waals surface area contributed by atoms with Gasteiger partial charge < -0.3 is 8.84 Å². The maximum absolute atomic E-state index is 6.20. The van der Waals surface area contributed by atoms with Crippen LogP contribution in [0.4, 0.5) is 0 Å². The third kappa shape index (κ3) is 1.16. The predicted molar refractivity (Wildman–Crippen MR) is 67.4 cm³/mol. The van der Waals surface area contributed by atoms with Gasteiger partial charge in [-0.05, 0) is 33.0 Å². The molecule has 0 bridgehead atoms. The SMILES string of the molecule is CC1(C)O[Si](C)(C)c2c1oc1ccccc21. The molecule has 2 heterocycles. The summed E-state index contributed by atoms with van der Waals surface area (Å²) in [5, 5.41) is 2.58. The van der Waals surface area contributed by atoms with Crippen LogP contribution in [0.2, 0.25) is 13.1 Å². The Kier molecular flexibility index (Phi) is 1.76. The molecule has 2 nitrogen and oxygen atoms in total. The van der Waals surface area contributed by atoms with Gasteiger partial charge in [0.2, 0.25) is 8.32 Å². The standard InChI is InChI=1S/C13H16O2Si/c1-13(2)12-11(16(3,4)15-13)9-7-5-6-8-10(9)14-12/h5-8H,1-4H3. The average molecular weight is 232 g/mol. The van der Waals surface area contributed by atoms with E-state index in [2.05, 4.69) is 39.1 Å². The summed E-state index contributed by atoms with van der Waals surface area (Å²) in [5.74, 6) is 1.03.